The lowest BCUT2D eigenvalue weighted by Crippen LogP contribution is -2.40. The average molecular weight is 340 g/mol. The van der Waals surface area contributed by atoms with Gasteiger partial charge < -0.3 is 5.73 Å². The molecule has 1 saturated carbocycles. The van der Waals surface area contributed by atoms with E-state index >= 15 is 0 Å². The molecule has 3 N–H and O–H groups in total. The molecule has 0 unspecified atom stereocenters. The largest absolute Gasteiger partial charge is 0.419 e. The highest BCUT2D eigenvalue weighted by Crippen LogP contribution is 2.32. The number of alkyl halides is 3. The molecule has 1 aromatic rings. The van der Waals surface area contributed by atoms with E-state index in [0.717, 1.165) is 6.07 Å². The molecule has 22 heavy (non-hydrogen) atoms. The van der Waals surface area contributed by atoms with Crippen LogP contribution >= 0.6 is 0 Å². The summed E-state index contributed by atoms with van der Waals surface area (Å²) in [6.07, 6.45) is -2.45. The molecule has 0 amide bonds. The molecule has 1 aliphatic carbocycles. The van der Waals surface area contributed by atoms with Gasteiger partial charge in [-0.2, -0.15) is 13.2 Å². The highest BCUT2D eigenvalue weighted by Gasteiger charge is 2.35. The van der Waals surface area contributed by atoms with E-state index in [-0.39, 0.29) is 12.1 Å². The second kappa shape index (κ2) is 6.13. The van der Waals surface area contributed by atoms with Gasteiger partial charge in [0.25, 0.3) is 0 Å². The maximum atomic E-state index is 13.5. The van der Waals surface area contributed by atoms with Crippen molar-refractivity contribution in [1.29, 1.82) is 0 Å². The van der Waals surface area contributed by atoms with Crippen LogP contribution in [0.25, 0.3) is 0 Å². The van der Waals surface area contributed by atoms with Crippen LogP contribution in [0.5, 0.6) is 0 Å². The Morgan fingerprint density at radius 3 is 2.23 bits per heavy atom. The van der Waals surface area contributed by atoms with Crippen molar-refractivity contribution >= 4 is 10.0 Å². The van der Waals surface area contributed by atoms with E-state index in [1.54, 1.807) is 0 Å². The molecule has 9 heteroatoms. The van der Waals surface area contributed by atoms with Crippen LogP contribution in [0, 0.1) is 5.82 Å². The molecule has 0 aliphatic heterocycles. The molecule has 0 spiro atoms. The molecule has 0 radical (unpaired) electrons. The van der Waals surface area contributed by atoms with Gasteiger partial charge in [-0.1, -0.05) is 0 Å². The van der Waals surface area contributed by atoms with Crippen LogP contribution in [0.15, 0.2) is 23.1 Å². The van der Waals surface area contributed by atoms with Crippen LogP contribution in [-0.2, 0) is 16.2 Å². The fourth-order valence-corrected chi connectivity index (χ4v) is 3.73. The Kier molecular flexibility index (Phi) is 4.78. The standard InChI is InChI=1S/C13H16F4N2O2S/c14-12-7-10(5-6-11(12)13(15,16)17)22(20,21)19-9-3-1-8(18)2-4-9/h5-9,19H,1-4,18H2. The quantitative estimate of drug-likeness (QED) is 0.830. The third-order valence-corrected chi connectivity index (χ3v) is 5.17. The lowest BCUT2D eigenvalue weighted by molar-refractivity contribution is -0.140. The van der Waals surface area contributed by atoms with Crippen LogP contribution in [0.2, 0.25) is 0 Å². The lowest BCUT2D eigenvalue weighted by atomic mass is 9.93. The number of hydrogen-bond acceptors (Lipinski definition) is 3. The summed E-state index contributed by atoms with van der Waals surface area (Å²) < 4.78 is 77.5. The van der Waals surface area contributed by atoms with Gasteiger partial charge in [0.05, 0.1) is 10.5 Å². The van der Waals surface area contributed by atoms with Gasteiger partial charge in [0.15, 0.2) is 0 Å². The first kappa shape index (κ1) is 17.2. The second-order valence-electron chi connectivity index (χ2n) is 5.37. The summed E-state index contributed by atoms with van der Waals surface area (Å²) in [5, 5.41) is 0. The summed E-state index contributed by atoms with van der Waals surface area (Å²) in [4.78, 5) is -0.520. The molecule has 1 aliphatic rings. The van der Waals surface area contributed by atoms with Crippen LogP contribution in [0.1, 0.15) is 31.2 Å². The highest BCUT2D eigenvalue weighted by molar-refractivity contribution is 7.89. The van der Waals surface area contributed by atoms with Crippen molar-refractivity contribution in [2.45, 2.75) is 48.8 Å². The zero-order valence-electron chi connectivity index (χ0n) is 11.5. The van der Waals surface area contributed by atoms with Gasteiger partial charge >= 0.3 is 6.18 Å². The maximum absolute atomic E-state index is 13.5. The number of sulfonamides is 1. The van der Waals surface area contributed by atoms with E-state index in [1.165, 1.54) is 0 Å². The first-order valence-electron chi connectivity index (χ1n) is 6.74. The molecule has 4 nitrogen and oxygen atoms in total. The van der Waals surface area contributed by atoms with E-state index in [0.29, 0.717) is 37.8 Å². The van der Waals surface area contributed by atoms with Gasteiger partial charge in [-0.25, -0.2) is 17.5 Å². The Morgan fingerprint density at radius 2 is 1.73 bits per heavy atom. The van der Waals surface area contributed by atoms with E-state index < -0.39 is 32.5 Å². The highest BCUT2D eigenvalue weighted by atomic mass is 32.2. The lowest BCUT2D eigenvalue weighted by Gasteiger charge is -2.26. The van der Waals surface area contributed by atoms with E-state index in [2.05, 4.69) is 4.72 Å². The minimum Gasteiger partial charge on any atom is -0.328 e. The molecule has 0 bridgehead atoms. The van der Waals surface area contributed by atoms with Crippen LogP contribution in [-0.4, -0.2) is 20.5 Å². The summed E-state index contributed by atoms with van der Waals surface area (Å²) in [5.74, 6) is -1.61. The molecule has 124 valence electrons. The number of nitrogens with two attached hydrogens (primary N) is 1. The molecular weight excluding hydrogens is 324 g/mol. The Labute approximate surface area is 125 Å². The SMILES string of the molecule is NC1CCC(NS(=O)(=O)c2ccc(C(F)(F)F)c(F)c2)CC1. The fourth-order valence-electron chi connectivity index (χ4n) is 2.42. The summed E-state index contributed by atoms with van der Waals surface area (Å²) in [6.45, 7) is 0. The molecule has 0 heterocycles. The maximum Gasteiger partial charge on any atom is 0.419 e. The van der Waals surface area contributed by atoms with Crippen LogP contribution < -0.4 is 10.5 Å². The number of halogens is 4. The molecule has 1 fully saturated rings. The third-order valence-electron chi connectivity index (χ3n) is 3.65. The summed E-state index contributed by atoms with van der Waals surface area (Å²) in [7, 11) is -4.06. The fraction of sp³-hybridized carbons (Fsp3) is 0.538. The van der Waals surface area contributed by atoms with Crippen molar-refractivity contribution < 1.29 is 26.0 Å². The first-order valence-corrected chi connectivity index (χ1v) is 8.22. The molecule has 0 saturated heterocycles. The number of benzene rings is 1. The predicted molar refractivity (Wildman–Crippen MR) is 72.0 cm³/mol. The number of rotatable bonds is 3. The van der Waals surface area contributed by atoms with E-state index in [4.69, 9.17) is 5.73 Å². The van der Waals surface area contributed by atoms with Gasteiger partial charge in [-0.3, -0.25) is 0 Å². The summed E-state index contributed by atoms with van der Waals surface area (Å²) >= 11 is 0. The van der Waals surface area contributed by atoms with Crippen molar-refractivity contribution in [3.63, 3.8) is 0 Å². The van der Waals surface area contributed by atoms with Crippen molar-refractivity contribution in [2.24, 2.45) is 5.73 Å². The minimum atomic E-state index is -4.86. The van der Waals surface area contributed by atoms with E-state index in [1.807, 2.05) is 0 Å². The first-order chi connectivity index (χ1) is 10.1. The molecule has 0 atom stereocenters. The summed E-state index contributed by atoms with van der Waals surface area (Å²) in [6, 6.07) is 1.27. The van der Waals surface area contributed by atoms with Crippen LogP contribution in [0.4, 0.5) is 17.6 Å². The van der Waals surface area contributed by atoms with Crippen LogP contribution in [0.3, 0.4) is 0 Å². The van der Waals surface area contributed by atoms with Crippen molar-refractivity contribution in [2.75, 3.05) is 0 Å². The van der Waals surface area contributed by atoms with Crippen molar-refractivity contribution in [3.05, 3.63) is 29.6 Å². The Hall–Kier alpha value is -1.19. The minimum absolute atomic E-state index is 0.0317. The normalized spacial score (nSPS) is 23.5. The zero-order chi connectivity index (χ0) is 16.5. The van der Waals surface area contributed by atoms with E-state index in [9.17, 15) is 26.0 Å². The Balaban J connectivity index is 2.18. The Bertz CT molecular complexity index is 638. The van der Waals surface area contributed by atoms with Gasteiger partial charge in [0, 0.05) is 12.1 Å². The summed E-state index contributed by atoms with van der Waals surface area (Å²) in [5.41, 5.74) is 4.23. The number of hydrogen-bond donors (Lipinski definition) is 2. The molecular formula is C13H16F4N2O2S. The Morgan fingerprint density at radius 1 is 1.14 bits per heavy atom. The third kappa shape index (κ3) is 3.96. The smallest absolute Gasteiger partial charge is 0.328 e. The molecule has 2 rings (SSSR count). The molecule has 0 aromatic heterocycles. The van der Waals surface area contributed by atoms with Crippen molar-refractivity contribution in [1.82, 2.24) is 4.72 Å². The number of nitrogens with one attached hydrogen (secondary N) is 1. The van der Waals surface area contributed by atoms with Crippen molar-refractivity contribution in [3.8, 4) is 0 Å². The van der Waals surface area contributed by atoms with Gasteiger partial charge in [0.2, 0.25) is 10.0 Å². The second-order valence-corrected chi connectivity index (χ2v) is 7.09. The van der Waals surface area contributed by atoms with Gasteiger partial charge in [0.1, 0.15) is 5.82 Å². The average Bonchev–Trinajstić information content (AvgIpc) is 2.39. The predicted octanol–water partition coefficient (Wildman–Crippen LogP) is 2.39. The van der Waals surface area contributed by atoms with Gasteiger partial charge in [-0.15, -0.1) is 0 Å². The zero-order valence-corrected chi connectivity index (χ0v) is 12.3. The topological polar surface area (TPSA) is 72.2 Å². The molecule has 1 aromatic carbocycles. The monoisotopic (exact) mass is 340 g/mol. The van der Waals surface area contributed by atoms with Gasteiger partial charge in [-0.05, 0) is 43.9 Å².